The van der Waals surface area contributed by atoms with Gasteiger partial charge in [0, 0.05) is 18.3 Å². The van der Waals surface area contributed by atoms with Gasteiger partial charge >= 0.3 is 5.69 Å². The van der Waals surface area contributed by atoms with E-state index >= 15 is 0 Å². The van der Waals surface area contributed by atoms with Gasteiger partial charge in [0.1, 0.15) is 5.82 Å². The van der Waals surface area contributed by atoms with E-state index in [0.29, 0.717) is 0 Å². The van der Waals surface area contributed by atoms with E-state index in [0.717, 1.165) is 10.6 Å². The largest absolute Gasteiger partial charge is 0.335 e. The first-order chi connectivity index (χ1) is 8.50. The van der Waals surface area contributed by atoms with Crippen LogP contribution in [0.4, 0.5) is 4.39 Å². The molecular weight excluding hydrogens is 235 g/mol. The molecular formula is C13H13FN2O2. The van der Waals surface area contributed by atoms with Gasteiger partial charge in [-0.15, -0.1) is 0 Å². The van der Waals surface area contributed by atoms with Crippen LogP contribution in [0.25, 0.3) is 5.69 Å². The maximum Gasteiger partial charge on any atom is 0.335 e. The molecule has 0 radical (unpaired) electrons. The van der Waals surface area contributed by atoms with Crippen molar-refractivity contribution in [3.63, 3.8) is 0 Å². The van der Waals surface area contributed by atoms with Crippen LogP contribution in [0, 0.1) is 5.82 Å². The van der Waals surface area contributed by atoms with Crippen molar-refractivity contribution in [1.82, 2.24) is 9.13 Å². The molecule has 0 unspecified atom stereocenters. The molecule has 2 aromatic rings. The second-order valence-electron chi connectivity index (χ2n) is 4.25. The molecule has 0 N–H and O–H groups in total. The number of nitrogens with zero attached hydrogens (tertiary/aromatic N) is 2. The summed E-state index contributed by atoms with van der Waals surface area (Å²) in [5.74, 6) is -0.487. The monoisotopic (exact) mass is 248 g/mol. The summed E-state index contributed by atoms with van der Waals surface area (Å²) in [5.41, 5.74) is -0.703. The Balaban J connectivity index is 2.75. The molecule has 0 aliphatic rings. The summed E-state index contributed by atoms with van der Waals surface area (Å²) in [6.45, 7) is 3.67. The molecule has 0 saturated heterocycles. The highest BCUT2D eigenvalue weighted by atomic mass is 19.1. The number of hydrogen-bond acceptors (Lipinski definition) is 2. The lowest BCUT2D eigenvalue weighted by Crippen LogP contribution is -2.38. The van der Waals surface area contributed by atoms with Gasteiger partial charge in [-0.3, -0.25) is 9.36 Å². The van der Waals surface area contributed by atoms with E-state index in [1.165, 1.54) is 35.0 Å². The average Bonchev–Trinajstić information content (AvgIpc) is 2.28. The zero-order valence-corrected chi connectivity index (χ0v) is 10.1. The molecule has 0 atom stereocenters. The van der Waals surface area contributed by atoms with Crippen LogP contribution in [0.2, 0.25) is 0 Å². The minimum Gasteiger partial charge on any atom is -0.298 e. The maximum atomic E-state index is 13.2. The molecule has 5 heteroatoms. The first-order valence-electron chi connectivity index (χ1n) is 5.61. The van der Waals surface area contributed by atoms with E-state index < -0.39 is 17.1 Å². The van der Waals surface area contributed by atoms with Gasteiger partial charge in [0.2, 0.25) is 0 Å². The topological polar surface area (TPSA) is 44.0 Å². The summed E-state index contributed by atoms with van der Waals surface area (Å²) < 4.78 is 15.5. The lowest BCUT2D eigenvalue weighted by atomic mass is 10.3. The summed E-state index contributed by atoms with van der Waals surface area (Å²) >= 11 is 0. The first kappa shape index (κ1) is 12.3. The van der Waals surface area contributed by atoms with E-state index in [1.54, 1.807) is 0 Å². The highest BCUT2D eigenvalue weighted by Crippen LogP contribution is 2.06. The Hall–Kier alpha value is -2.17. The van der Waals surface area contributed by atoms with E-state index in [2.05, 4.69) is 0 Å². The van der Waals surface area contributed by atoms with Gasteiger partial charge in [-0.05, 0) is 32.0 Å². The van der Waals surface area contributed by atoms with Gasteiger partial charge in [-0.2, -0.15) is 0 Å². The second kappa shape index (κ2) is 4.60. The Labute approximate surface area is 103 Å². The molecule has 0 amide bonds. The van der Waals surface area contributed by atoms with Crippen molar-refractivity contribution < 1.29 is 4.39 Å². The molecule has 94 valence electrons. The molecule has 0 saturated carbocycles. The SMILES string of the molecule is CC(C)n1ccc(=O)n(-c2cccc(F)c2)c1=O. The number of rotatable bonds is 2. The highest BCUT2D eigenvalue weighted by Gasteiger charge is 2.09. The summed E-state index contributed by atoms with van der Waals surface area (Å²) in [6.07, 6.45) is 1.45. The Kier molecular flexibility index (Phi) is 3.14. The Morgan fingerprint density at radius 1 is 1.17 bits per heavy atom. The molecule has 1 aromatic heterocycles. The minimum atomic E-state index is -0.487. The van der Waals surface area contributed by atoms with Gasteiger partial charge in [0.15, 0.2) is 0 Å². The van der Waals surface area contributed by atoms with Gasteiger partial charge in [0.05, 0.1) is 5.69 Å². The smallest absolute Gasteiger partial charge is 0.298 e. The Morgan fingerprint density at radius 3 is 2.50 bits per heavy atom. The molecule has 4 nitrogen and oxygen atoms in total. The van der Waals surface area contributed by atoms with Gasteiger partial charge < -0.3 is 0 Å². The summed E-state index contributed by atoms with van der Waals surface area (Å²) in [4.78, 5) is 23.9. The van der Waals surface area contributed by atoms with E-state index in [-0.39, 0.29) is 11.7 Å². The molecule has 1 heterocycles. The van der Waals surface area contributed by atoms with Crippen LogP contribution >= 0.6 is 0 Å². The average molecular weight is 248 g/mol. The van der Waals surface area contributed by atoms with Gasteiger partial charge in [0.25, 0.3) is 5.56 Å². The fourth-order valence-corrected chi connectivity index (χ4v) is 1.74. The third-order valence-corrected chi connectivity index (χ3v) is 2.63. The molecule has 0 aliphatic heterocycles. The number of halogens is 1. The zero-order chi connectivity index (χ0) is 13.3. The standard InChI is InChI=1S/C13H13FN2O2/c1-9(2)15-7-6-12(17)16(13(15)18)11-5-3-4-10(14)8-11/h3-9H,1-2H3. The first-order valence-corrected chi connectivity index (χ1v) is 5.61. The number of benzene rings is 1. The van der Waals surface area contributed by atoms with Crippen molar-refractivity contribution >= 4 is 0 Å². The molecule has 0 fully saturated rings. The summed E-state index contributed by atoms with van der Waals surface area (Å²) in [6, 6.07) is 6.64. The predicted molar refractivity (Wildman–Crippen MR) is 66.6 cm³/mol. The van der Waals surface area contributed by atoms with Crippen molar-refractivity contribution in [3.8, 4) is 5.69 Å². The van der Waals surface area contributed by atoms with Crippen molar-refractivity contribution in [2.24, 2.45) is 0 Å². The van der Waals surface area contributed by atoms with Crippen LogP contribution in [-0.4, -0.2) is 9.13 Å². The van der Waals surface area contributed by atoms with Crippen LogP contribution in [0.5, 0.6) is 0 Å². The van der Waals surface area contributed by atoms with Crippen LogP contribution in [-0.2, 0) is 0 Å². The van der Waals surface area contributed by atoms with Crippen LogP contribution in [0.1, 0.15) is 19.9 Å². The molecule has 2 rings (SSSR count). The fraction of sp³-hybridized carbons (Fsp3) is 0.231. The van der Waals surface area contributed by atoms with Crippen molar-refractivity contribution in [3.05, 3.63) is 63.2 Å². The summed E-state index contributed by atoms with van der Waals surface area (Å²) in [5, 5.41) is 0. The number of aromatic nitrogens is 2. The third-order valence-electron chi connectivity index (χ3n) is 2.63. The fourth-order valence-electron chi connectivity index (χ4n) is 1.74. The molecule has 18 heavy (non-hydrogen) atoms. The van der Waals surface area contributed by atoms with Crippen molar-refractivity contribution in [1.29, 1.82) is 0 Å². The molecule has 0 spiro atoms. The summed E-state index contributed by atoms with van der Waals surface area (Å²) in [7, 11) is 0. The van der Waals surface area contributed by atoms with Crippen LogP contribution in [0.15, 0.2) is 46.1 Å². The molecule has 0 bridgehead atoms. The molecule has 1 aromatic carbocycles. The predicted octanol–water partition coefficient (Wildman–Crippen LogP) is 1.72. The van der Waals surface area contributed by atoms with Crippen LogP contribution in [0.3, 0.4) is 0 Å². The van der Waals surface area contributed by atoms with E-state index in [4.69, 9.17) is 0 Å². The normalized spacial score (nSPS) is 10.9. The van der Waals surface area contributed by atoms with Gasteiger partial charge in [-0.25, -0.2) is 13.8 Å². The number of hydrogen-bond donors (Lipinski definition) is 0. The Morgan fingerprint density at radius 2 is 1.89 bits per heavy atom. The quantitative estimate of drug-likeness (QED) is 0.812. The van der Waals surface area contributed by atoms with E-state index in [1.807, 2.05) is 13.8 Å². The van der Waals surface area contributed by atoms with Crippen LogP contribution < -0.4 is 11.2 Å². The second-order valence-corrected chi connectivity index (χ2v) is 4.25. The van der Waals surface area contributed by atoms with Crippen molar-refractivity contribution in [2.45, 2.75) is 19.9 Å². The minimum absolute atomic E-state index is 0.0714. The maximum absolute atomic E-state index is 13.2. The van der Waals surface area contributed by atoms with Crippen molar-refractivity contribution in [2.75, 3.05) is 0 Å². The lowest BCUT2D eigenvalue weighted by Gasteiger charge is -2.12. The molecule has 0 aliphatic carbocycles. The highest BCUT2D eigenvalue weighted by molar-refractivity contribution is 5.31. The van der Waals surface area contributed by atoms with E-state index in [9.17, 15) is 14.0 Å². The lowest BCUT2D eigenvalue weighted by molar-refractivity contribution is 0.545. The van der Waals surface area contributed by atoms with Gasteiger partial charge in [-0.1, -0.05) is 6.07 Å². The third kappa shape index (κ3) is 2.11. The zero-order valence-electron chi connectivity index (χ0n) is 10.1. The Bertz CT molecular complexity index is 686.